The van der Waals surface area contributed by atoms with Crippen LogP contribution >= 0.6 is 23.4 Å². The lowest BCUT2D eigenvalue weighted by atomic mass is 10.1. The molecule has 6 rings (SSSR count). The van der Waals surface area contributed by atoms with Crippen LogP contribution in [-0.4, -0.2) is 17.7 Å². The number of halogens is 2. The van der Waals surface area contributed by atoms with E-state index < -0.39 is 22.9 Å². The summed E-state index contributed by atoms with van der Waals surface area (Å²) in [7, 11) is 0. The summed E-state index contributed by atoms with van der Waals surface area (Å²) in [5.41, 5.74) is 1.93. The van der Waals surface area contributed by atoms with Crippen LogP contribution in [0.4, 0.5) is 15.8 Å². The highest BCUT2D eigenvalue weighted by Gasteiger charge is 2.23. The highest BCUT2D eigenvalue weighted by atomic mass is 35.5. The van der Waals surface area contributed by atoms with Gasteiger partial charge in [0.05, 0.1) is 5.02 Å². The monoisotopic (exact) mass is 685 g/mol. The van der Waals surface area contributed by atoms with Gasteiger partial charge in [-0.15, -0.1) is 11.8 Å². The van der Waals surface area contributed by atoms with Gasteiger partial charge in [0.25, 0.3) is 11.8 Å². The number of anilines is 2. The molecule has 6 nitrogen and oxygen atoms in total. The average molecular weight is 686 g/mol. The summed E-state index contributed by atoms with van der Waals surface area (Å²) in [6, 6.07) is 42.6. The maximum Gasteiger partial charge on any atom is 0.272 e. The standard InChI is InChI=1S/C40H29ClFN3O3S/c41-34-19-10-20-35(42)33(34)25-36(45-38(46)28-14-5-2-6-15-28)39(47)43-30-17-9-18-32(24-30)49-37(27-12-3-1-4-13-27)40(48)44-31-22-21-26-11-7-8-16-29(26)23-31/h1-25,37H,(H,43,47)(H,44,48)(H,45,46)/b36-25+. The minimum absolute atomic E-state index is 0.0462. The minimum Gasteiger partial charge on any atom is -0.325 e. The number of rotatable bonds is 10. The van der Waals surface area contributed by atoms with Crippen molar-refractivity contribution in [2.75, 3.05) is 10.6 Å². The van der Waals surface area contributed by atoms with Gasteiger partial charge < -0.3 is 16.0 Å². The van der Waals surface area contributed by atoms with E-state index in [0.717, 1.165) is 16.3 Å². The van der Waals surface area contributed by atoms with Crippen molar-refractivity contribution in [1.29, 1.82) is 0 Å². The lowest BCUT2D eigenvalue weighted by molar-refractivity contribution is -0.116. The summed E-state index contributed by atoms with van der Waals surface area (Å²) < 4.78 is 14.7. The first-order valence-electron chi connectivity index (χ1n) is 15.3. The SMILES string of the molecule is O=C(Nc1cccc(SC(C(=O)Nc2ccc3ccccc3c2)c2ccccc2)c1)/C(=C\c1c(F)cccc1Cl)NC(=O)c1ccccc1. The summed E-state index contributed by atoms with van der Waals surface area (Å²) >= 11 is 7.57. The second-order valence-corrected chi connectivity index (χ2v) is 12.5. The van der Waals surface area contributed by atoms with E-state index in [-0.39, 0.29) is 22.2 Å². The van der Waals surface area contributed by atoms with Crippen LogP contribution < -0.4 is 16.0 Å². The molecular weight excluding hydrogens is 657 g/mol. The van der Waals surface area contributed by atoms with E-state index in [1.807, 2.05) is 78.9 Å². The third-order valence-electron chi connectivity index (χ3n) is 7.52. The summed E-state index contributed by atoms with van der Waals surface area (Å²) in [5, 5.41) is 9.99. The van der Waals surface area contributed by atoms with Crippen molar-refractivity contribution in [2.45, 2.75) is 10.1 Å². The van der Waals surface area contributed by atoms with Gasteiger partial charge in [-0.25, -0.2) is 4.39 Å². The zero-order chi connectivity index (χ0) is 34.2. The van der Waals surface area contributed by atoms with Crippen LogP contribution in [0.2, 0.25) is 5.02 Å². The number of amides is 3. The number of thioether (sulfide) groups is 1. The van der Waals surface area contributed by atoms with Gasteiger partial charge >= 0.3 is 0 Å². The second kappa shape index (κ2) is 15.5. The average Bonchev–Trinajstić information content (AvgIpc) is 3.12. The number of nitrogens with one attached hydrogen (secondary N) is 3. The van der Waals surface area contributed by atoms with Gasteiger partial charge in [0.15, 0.2) is 0 Å². The Hall–Kier alpha value is -5.70. The Balaban J connectivity index is 1.25. The van der Waals surface area contributed by atoms with E-state index in [0.29, 0.717) is 21.8 Å². The normalized spacial score (nSPS) is 11.8. The molecule has 6 aromatic carbocycles. The molecule has 0 heterocycles. The van der Waals surface area contributed by atoms with E-state index in [2.05, 4.69) is 16.0 Å². The van der Waals surface area contributed by atoms with Crippen LogP contribution in [0.1, 0.15) is 26.7 Å². The Morgan fingerprint density at radius 3 is 2.10 bits per heavy atom. The third kappa shape index (κ3) is 8.43. The summed E-state index contributed by atoms with van der Waals surface area (Å²) in [4.78, 5) is 41.1. The number of carbonyl (C=O) groups excluding carboxylic acids is 3. The molecule has 1 atom stereocenters. The molecule has 6 aromatic rings. The van der Waals surface area contributed by atoms with Crippen molar-refractivity contribution in [3.05, 3.63) is 179 Å². The summed E-state index contributed by atoms with van der Waals surface area (Å²) in [6.07, 6.45) is 1.20. The predicted octanol–water partition coefficient (Wildman–Crippen LogP) is 9.51. The zero-order valence-electron chi connectivity index (χ0n) is 25.9. The van der Waals surface area contributed by atoms with Crippen LogP contribution in [0.25, 0.3) is 16.8 Å². The largest absolute Gasteiger partial charge is 0.325 e. The Labute approximate surface area is 292 Å². The lowest BCUT2D eigenvalue weighted by Gasteiger charge is -2.18. The van der Waals surface area contributed by atoms with E-state index in [9.17, 15) is 18.8 Å². The molecule has 0 saturated heterocycles. The molecule has 0 aromatic heterocycles. The number of benzene rings is 6. The molecule has 0 aliphatic carbocycles. The molecule has 0 fully saturated rings. The van der Waals surface area contributed by atoms with Crippen LogP contribution in [0, 0.1) is 5.82 Å². The van der Waals surface area contributed by atoms with Crippen molar-refractivity contribution in [2.24, 2.45) is 0 Å². The van der Waals surface area contributed by atoms with Crippen molar-refractivity contribution in [3.8, 4) is 0 Å². The van der Waals surface area contributed by atoms with Crippen molar-refractivity contribution >= 4 is 69.3 Å². The molecule has 242 valence electrons. The first kappa shape index (κ1) is 33.2. The molecule has 0 spiro atoms. The molecule has 0 saturated carbocycles. The topological polar surface area (TPSA) is 87.3 Å². The number of hydrogen-bond acceptors (Lipinski definition) is 4. The fraction of sp³-hybridized carbons (Fsp3) is 0.0250. The van der Waals surface area contributed by atoms with E-state index in [1.54, 1.807) is 48.5 Å². The molecule has 0 bridgehead atoms. The van der Waals surface area contributed by atoms with Crippen LogP contribution in [0.5, 0.6) is 0 Å². The predicted molar refractivity (Wildman–Crippen MR) is 196 cm³/mol. The maximum atomic E-state index is 14.7. The first-order chi connectivity index (χ1) is 23.8. The third-order valence-corrected chi connectivity index (χ3v) is 9.10. The van der Waals surface area contributed by atoms with Crippen LogP contribution in [0.3, 0.4) is 0 Å². The summed E-state index contributed by atoms with van der Waals surface area (Å²) in [6.45, 7) is 0. The molecular formula is C40H29ClFN3O3S. The Morgan fingerprint density at radius 2 is 1.35 bits per heavy atom. The number of carbonyl (C=O) groups is 3. The molecule has 3 N–H and O–H groups in total. The molecule has 0 radical (unpaired) electrons. The summed E-state index contributed by atoms with van der Waals surface area (Å²) in [5.74, 6) is -2.11. The van der Waals surface area contributed by atoms with E-state index in [1.165, 1.54) is 36.0 Å². The molecule has 1 unspecified atom stereocenters. The smallest absolute Gasteiger partial charge is 0.272 e. The minimum atomic E-state index is -0.695. The highest BCUT2D eigenvalue weighted by Crippen LogP contribution is 2.37. The molecule has 0 aliphatic rings. The number of fused-ring (bicyclic) bond motifs is 1. The highest BCUT2D eigenvalue weighted by molar-refractivity contribution is 8.00. The lowest BCUT2D eigenvalue weighted by Crippen LogP contribution is -2.30. The molecule has 0 aliphatic heterocycles. The Kier molecular flexibility index (Phi) is 10.5. The van der Waals surface area contributed by atoms with Gasteiger partial charge in [-0.1, -0.05) is 103 Å². The quantitative estimate of drug-likeness (QED) is 0.0990. The first-order valence-corrected chi connectivity index (χ1v) is 16.5. The van der Waals surface area contributed by atoms with Crippen molar-refractivity contribution in [1.82, 2.24) is 5.32 Å². The van der Waals surface area contributed by atoms with E-state index in [4.69, 9.17) is 11.6 Å². The van der Waals surface area contributed by atoms with Gasteiger partial charge in [-0.3, -0.25) is 14.4 Å². The molecule has 3 amide bonds. The maximum absolute atomic E-state index is 14.7. The molecule has 9 heteroatoms. The molecule has 49 heavy (non-hydrogen) atoms. The fourth-order valence-electron chi connectivity index (χ4n) is 5.09. The second-order valence-electron chi connectivity index (χ2n) is 11.0. The number of hydrogen-bond donors (Lipinski definition) is 3. The van der Waals surface area contributed by atoms with Gasteiger partial charge in [0, 0.05) is 27.4 Å². The van der Waals surface area contributed by atoms with Crippen LogP contribution in [0.15, 0.2) is 156 Å². The Bertz CT molecular complexity index is 2160. The van der Waals surface area contributed by atoms with Gasteiger partial charge in [-0.05, 0) is 77.0 Å². The van der Waals surface area contributed by atoms with Crippen molar-refractivity contribution in [3.63, 3.8) is 0 Å². The fourth-order valence-corrected chi connectivity index (χ4v) is 6.39. The van der Waals surface area contributed by atoms with Gasteiger partial charge in [0.2, 0.25) is 5.91 Å². The van der Waals surface area contributed by atoms with Crippen molar-refractivity contribution < 1.29 is 18.8 Å². The van der Waals surface area contributed by atoms with E-state index >= 15 is 0 Å². The van der Waals surface area contributed by atoms with Gasteiger partial charge in [0.1, 0.15) is 16.8 Å². The van der Waals surface area contributed by atoms with Gasteiger partial charge in [-0.2, -0.15) is 0 Å². The van der Waals surface area contributed by atoms with Crippen LogP contribution in [-0.2, 0) is 9.59 Å². The zero-order valence-corrected chi connectivity index (χ0v) is 27.5. The Morgan fingerprint density at radius 1 is 0.673 bits per heavy atom.